The van der Waals surface area contributed by atoms with Crippen LogP contribution in [-0.4, -0.2) is 5.78 Å². The van der Waals surface area contributed by atoms with Gasteiger partial charge in [0, 0.05) is 5.92 Å². The zero-order chi connectivity index (χ0) is 14.3. The van der Waals surface area contributed by atoms with Gasteiger partial charge in [0.1, 0.15) is 0 Å². The smallest absolute Gasteiger partial charge is 0.152 e. The Morgan fingerprint density at radius 3 is 2.63 bits per heavy atom. The van der Waals surface area contributed by atoms with Crippen LogP contribution in [0.25, 0.3) is 0 Å². The van der Waals surface area contributed by atoms with E-state index >= 15 is 0 Å². The summed E-state index contributed by atoms with van der Waals surface area (Å²) in [5, 5.41) is 0. The summed E-state index contributed by atoms with van der Waals surface area (Å²) in [6, 6.07) is 0. The van der Waals surface area contributed by atoms with E-state index in [1.807, 2.05) is 0 Å². The number of allylic oxidation sites excluding steroid dienone is 3. The van der Waals surface area contributed by atoms with Crippen molar-refractivity contribution in [1.29, 1.82) is 0 Å². The van der Waals surface area contributed by atoms with E-state index in [1.165, 1.54) is 31.3 Å². The first-order chi connectivity index (χ1) is 8.77. The maximum Gasteiger partial charge on any atom is 0.152 e. The van der Waals surface area contributed by atoms with Crippen LogP contribution in [0.5, 0.6) is 0 Å². The Morgan fingerprint density at radius 1 is 1.32 bits per heavy atom. The first-order valence-electron chi connectivity index (χ1n) is 7.64. The summed E-state index contributed by atoms with van der Waals surface area (Å²) in [6.07, 6.45) is 10.2. The minimum Gasteiger partial charge on any atom is -0.295 e. The number of carbonyl (C=O) groups excluding carboxylic acids is 1. The molecule has 2 aliphatic rings. The molecular formula is C18H28O. The molecule has 1 heteroatoms. The summed E-state index contributed by atoms with van der Waals surface area (Å²) in [7, 11) is 0. The molecule has 0 aromatic heterocycles. The zero-order valence-electron chi connectivity index (χ0n) is 13.0. The predicted molar refractivity (Wildman–Crippen MR) is 80.9 cm³/mol. The SMILES string of the molecule is C=C1CC[C@@H]2C(C)(C)CCC[C@]2(C)[C@H]1/C=C/C(C)=O. The van der Waals surface area contributed by atoms with E-state index in [2.05, 4.69) is 33.4 Å². The Morgan fingerprint density at radius 2 is 2.00 bits per heavy atom. The van der Waals surface area contributed by atoms with Crippen molar-refractivity contribution in [1.82, 2.24) is 0 Å². The molecule has 0 bridgehead atoms. The molecule has 0 N–H and O–H groups in total. The Bertz CT molecular complexity index is 415. The highest BCUT2D eigenvalue weighted by molar-refractivity contribution is 5.87. The van der Waals surface area contributed by atoms with Crippen LogP contribution >= 0.6 is 0 Å². The van der Waals surface area contributed by atoms with Crippen molar-refractivity contribution < 1.29 is 4.79 Å². The first kappa shape index (κ1) is 14.6. The normalized spacial score (nSPS) is 38.2. The largest absolute Gasteiger partial charge is 0.295 e. The molecule has 0 spiro atoms. The lowest BCUT2D eigenvalue weighted by atomic mass is 9.47. The topological polar surface area (TPSA) is 17.1 Å². The van der Waals surface area contributed by atoms with Crippen LogP contribution in [0, 0.1) is 22.7 Å². The Labute approximate surface area is 118 Å². The molecule has 19 heavy (non-hydrogen) atoms. The summed E-state index contributed by atoms with van der Waals surface area (Å²) in [5.41, 5.74) is 2.05. The molecule has 0 radical (unpaired) electrons. The number of hydrogen-bond donors (Lipinski definition) is 0. The van der Waals surface area contributed by atoms with Gasteiger partial charge in [-0.25, -0.2) is 0 Å². The van der Waals surface area contributed by atoms with Crippen LogP contribution in [0.15, 0.2) is 24.3 Å². The van der Waals surface area contributed by atoms with Crippen molar-refractivity contribution in [3.8, 4) is 0 Å². The third kappa shape index (κ3) is 2.57. The van der Waals surface area contributed by atoms with Gasteiger partial charge in [0.15, 0.2) is 5.78 Å². The molecule has 2 fully saturated rings. The quantitative estimate of drug-likeness (QED) is 0.508. The van der Waals surface area contributed by atoms with Crippen molar-refractivity contribution in [2.45, 2.75) is 59.8 Å². The fraction of sp³-hybridized carbons (Fsp3) is 0.722. The number of hydrogen-bond acceptors (Lipinski definition) is 1. The first-order valence-corrected chi connectivity index (χ1v) is 7.64. The van der Waals surface area contributed by atoms with E-state index in [-0.39, 0.29) is 5.78 Å². The Balaban J connectivity index is 2.35. The highest BCUT2D eigenvalue weighted by Crippen LogP contribution is 2.61. The Kier molecular flexibility index (Phi) is 3.77. The monoisotopic (exact) mass is 260 g/mol. The van der Waals surface area contributed by atoms with Crippen molar-refractivity contribution in [3.05, 3.63) is 24.3 Å². The molecule has 2 aliphatic carbocycles. The van der Waals surface area contributed by atoms with Crippen molar-refractivity contribution in [3.63, 3.8) is 0 Å². The molecule has 3 atom stereocenters. The average Bonchev–Trinajstić information content (AvgIpc) is 2.26. The van der Waals surface area contributed by atoms with E-state index in [4.69, 9.17) is 0 Å². The van der Waals surface area contributed by atoms with Gasteiger partial charge in [-0.15, -0.1) is 0 Å². The number of ketones is 1. The van der Waals surface area contributed by atoms with Crippen LogP contribution in [0.1, 0.15) is 59.8 Å². The van der Waals surface area contributed by atoms with Gasteiger partial charge >= 0.3 is 0 Å². The van der Waals surface area contributed by atoms with Crippen LogP contribution in [-0.2, 0) is 4.79 Å². The molecule has 0 aromatic carbocycles. The highest BCUT2D eigenvalue weighted by Gasteiger charge is 2.52. The van der Waals surface area contributed by atoms with Crippen LogP contribution in [0.3, 0.4) is 0 Å². The third-order valence-corrected chi connectivity index (χ3v) is 5.70. The number of carbonyl (C=O) groups is 1. The van der Waals surface area contributed by atoms with Gasteiger partial charge in [-0.3, -0.25) is 4.79 Å². The van der Waals surface area contributed by atoms with Crippen LogP contribution < -0.4 is 0 Å². The third-order valence-electron chi connectivity index (χ3n) is 5.70. The van der Waals surface area contributed by atoms with Crippen LogP contribution in [0.4, 0.5) is 0 Å². The van der Waals surface area contributed by atoms with Crippen molar-refractivity contribution >= 4 is 5.78 Å². The highest BCUT2D eigenvalue weighted by atomic mass is 16.1. The van der Waals surface area contributed by atoms with E-state index in [0.29, 0.717) is 16.7 Å². The van der Waals surface area contributed by atoms with Gasteiger partial charge in [0.05, 0.1) is 0 Å². The van der Waals surface area contributed by atoms with Crippen LogP contribution in [0.2, 0.25) is 0 Å². The fourth-order valence-corrected chi connectivity index (χ4v) is 4.80. The lowest BCUT2D eigenvalue weighted by molar-refractivity contribution is -0.112. The Hall–Kier alpha value is -0.850. The lowest BCUT2D eigenvalue weighted by Crippen LogP contribution is -2.48. The average molecular weight is 260 g/mol. The number of rotatable bonds is 2. The van der Waals surface area contributed by atoms with Gasteiger partial charge in [-0.05, 0) is 55.4 Å². The van der Waals surface area contributed by atoms with E-state index in [9.17, 15) is 4.79 Å². The fourth-order valence-electron chi connectivity index (χ4n) is 4.80. The molecule has 2 rings (SSSR count). The minimum atomic E-state index is 0.147. The molecule has 0 aromatic rings. The standard InChI is InChI=1S/C18H28O/c1-13-7-10-16-17(3,4)11-6-12-18(16,5)15(13)9-8-14(2)19/h8-9,15-16H,1,6-7,10-12H2,2-5H3/b9-8+/t15-,16+,18+/m0/s1. The van der Waals surface area contributed by atoms with Gasteiger partial charge < -0.3 is 0 Å². The summed E-state index contributed by atoms with van der Waals surface area (Å²) in [4.78, 5) is 11.3. The van der Waals surface area contributed by atoms with E-state index in [0.717, 1.165) is 12.3 Å². The zero-order valence-corrected chi connectivity index (χ0v) is 13.0. The minimum absolute atomic E-state index is 0.147. The summed E-state index contributed by atoms with van der Waals surface area (Å²) < 4.78 is 0. The molecule has 0 saturated heterocycles. The van der Waals surface area contributed by atoms with E-state index < -0.39 is 0 Å². The molecule has 106 valence electrons. The summed E-state index contributed by atoms with van der Waals surface area (Å²) in [5.74, 6) is 1.28. The van der Waals surface area contributed by atoms with Crippen molar-refractivity contribution in [2.24, 2.45) is 22.7 Å². The molecule has 0 amide bonds. The number of fused-ring (bicyclic) bond motifs is 1. The second kappa shape index (κ2) is 4.92. The molecule has 0 aliphatic heterocycles. The summed E-state index contributed by atoms with van der Waals surface area (Å²) in [6.45, 7) is 13.2. The van der Waals surface area contributed by atoms with E-state index in [1.54, 1.807) is 13.0 Å². The summed E-state index contributed by atoms with van der Waals surface area (Å²) >= 11 is 0. The second-order valence-electron chi connectivity index (χ2n) is 7.54. The lowest BCUT2D eigenvalue weighted by Gasteiger charge is -2.57. The second-order valence-corrected chi connectivity index (χ2v) is 7.54. The van der Waals surface area contributed by atoms with Gasteiger partial charge in [0.2, 0.25) is 0 Å². The molecule has 0 heterocycles. The molecular weight excluding hydrogens is 232 g/mol. The molecule has 0 unspecified atom stereocenters. The maximum atomic E-state index is 11.3. The van der Waals surface area contributed by atoms with Crippen molar-refractivity contribution in [2.75, 3.05) is 0 Å². The van der Waals surface area contributed by atoms with Gasteiger partial charge in [0.25, 0.3) is 0 Å². The molecule has 2 saturated carbocycles. The maximum absolute atomic E-state index is 11.3. The van der Waals surface area contributed by atoms with Gasteiger partial charge in [-0.1, -0.05) is 45.4 Å². The van der Waals surface area contributed by atoms with Gasteiger partial charge in [-0.2, -0.15) is 0 Å². The predicted octanol–water partition coefficient (Wildman–Crippen LogP) is 4.93. The molecule has 1 nitrogen and oxygen atoms in total.